The Labute approximate surface area is 156 Å². The highest BCUT2D eigenvalue weighted by atomic mass is 32.2. The topological polar surface area (TPSA) is 99.4 Å². The van der Waals surface area contributed by atoms with Gasteiger partial charge in [0.05, 0.1) is 16.2 Å². The molecule has 8 heteroatoms. The molecule has 0 saturated heterocycles. The number of hydrogen-bond donors (Lipinski definition) is 0. The number of nitrogens with zero attached hydrogens (tertiary/aromatic N) is 2. The lowest BCUT2D eigenvalue weighted by Crippen LogP contribution is -2.15. The Hall–Kier alpha value is -3.00. The van der Waals surface area contributed by atoms with Crippen LogP contribution in [0.5, 0.6) is 0 Å². The maximum atomic E-state index is 12.5. The largest absolute Gasteiger partial charge is 0.449 e. The van der Waals surface area contributed by atoms with E-state index in [1.165, 1.54) is 19.1 Å². The maximum absolute atomic E-state index is 12.5. The van der Waals surface area contributed by atoms with Crippen LogP contribution in [0.1, 0.15) is 36.2 Å². The van der Waals surface area contributed by atoms with Gasteiger partial charge in [-0.05, 0) is 19.1 Å². The molecular weight excluding hydrogens is 368 g/mol. The van der Waals surface area contributed by atoms with Gasteiger partial charge < -0.3 is 9.26 Å². The van der Waals surface area contributed by atoms with Gasteiger partial charge in [-0.3, -0.25) is 0 Å². The van der Waals surface area contributed by atoms with E-state index in [0.717, 1.165) is 5.56 Å². The summed E-state index contributed by atoms with van der Waals surface area (Å²) in [6, 6.07) is 15.2. The summed E-state index contributed by atoms with van der Waals surface area (Å²) in [5, 5.41) is 3.88. The number of sulfone groups is 1. The number of hydrogen-bond acceptors (Lipinski definition) is 7. The average Bonchev–Trinajstić information content (AvgIpc) is 3.19. The van der Waals surface area contributed by atoms with E-state index in [-0.39, 0.29) is 22.1 Å². The Morgan fingerprint density at radius 2 is 1.78 bits per heavy atom. The molecule has 0 radical (unpaired) electrons. The van der Waals surface area contributed by atoms with Crippen LogP contribution in [0.2, 0.25) is 0 Å². The molecule has 3 aromatic rings. The Morgan fingerprint density at radius 3 is 2.48 bits per heavy atom. The van der Waals surface area contributed by atoms with Crippen LogP contribution < -0.4 is 0 Å². The second-order valence-electron chi connectivity index (χ2n) is 5.77. The quantitative estimate of drug-likeness (QED) is 0.598. The highest BCUT2D eigenvalue weighted by molar-refractivity contribution is 7.91. The molecule has 0 saturated carbocycles. The molecule has 1 heterocycles. The third-order valence-electron chi connectivity index (χ3n) is 3.93. The number of rotatable bonds is 6. The summed E-state index contributed by atoms with van der Waals surface area (Å²) in [7, 11) is -3.56. The van der Waals surface area contributed by atoms with E-state index in [2.05, 4.69) is 10.1 Å². The molecule has 2 aromatic carbocycles. The molecule has 0 spiro atoms. The number of esters is 1. The van der Waals surface area contributed by atoms with Crippen molar-refractivity contribution in [1.82, 2.24) is 10.1 Å². The zero-order chi connectivity index (χ0) is 19.4. The molecule has 3 rings (SSSR count). The standard InChI is InChI=1S/C19H18N2O5S/c1-3-27(23,24)16-12-8-7-11-15(16)19(22)25-13(2)18-20-17(21-26-18)14-9-5-4-6-10-14/h4-13H,3H2,1-2H3/t13-/m0/s1. The minimum Gasteiger partial charge on any atom is -0.449 e. The first kappa shape index (κ1) is 18.8. The number of carbonyl (C=O) groups is 1. The molecule has 0 aliphatic carbocycles. The minimum absolute atomic E-state index is 0.0194. The Balaban J connectivity index is 1.81. The summed E-state index contributed by atoms with van der Waals surface area (Å²) in [5.74, 6) is -0.383. The van der Waals surface area contributed by atoms with Crippen molar-refractivity contribution in [3.63, 3.8) is 0 Å². The van der Waals surface area contributed by atoms with Crippen molar-refractivity contribution in [2.45, 2.75) is 24.8 Å². The third-order valence-corrected chi connectivity index (χ3v) is 5.71. The molecule has 0 amide bonds. The summed E-state index contributed by atoms with van der Waals surface area (Å²) in [5.41, 5.74) is 0.749. The second kappa shape index (κ2) is 7.71. The van der Waals surface area contributed by atoms with Crippen LogP contribution in [-0.2, 0) is 14.6 Å². The van der Waals surface area contributed by atoms with Crippen molar-refractivity contribution >= 4 is 15.8 Å². The highest BCUT2D eigenvalue weighted by Crippen LogP contribution is 2.24. The van der Waals surface area contributed by atoms with E-state index in [1.807, 2.05) is 30.3 Å². The average molecular weight is 386 g/mol. The zero-order valence-electron chi connectivity index (χ0n) is 14.8. The molecule has 140 valence electrons. The summed E-state index contributed by atoms with van der Waals surface area (Å²) in [6.07, 6.45) is -0.833. The second-order valence-corrected chi connectivity index (χ2v) is 8.02. The van der Waals surface area contributed by atoms with E-state index >= 15 is 0 Å². The van der Waals surface area contributed by atoms with E-state index in [4.69, 9.17) is 9.26 Å². The molecular formula is C19H18N2O5S. The van der Waals surface area contributed by atoms with Crippen molar-refractivity contribution in [3.8, 4) is 11.4 Å². The molecule has 27 heavy (non-hydrogen) atoms. The van der Waals surface area contributed by atoms with E-state index < -0.39 is 21.9 Å². The van der Waals surface area contributed by atoms with Crippen LogP contribution in [0.25, 0.3) is 11.4 Å². The van der Waals surface area contributed by atoms with Crippen molar-refractivity contribution in [2.24, 2.45) is 0 Å². The number of ether oxygens (including phenoxy) is 1. The van der Waals surface area contributed by atoms with Gasteiger partial charge in [-0.1, -0.05) is 54.5 Å². The summed E-state index contributed by atoms with van der Waals surface area (Å²) in [4.78, 5) is 16.7. The van der Waals surface area contributed by atoms with E-state index in [0.29, 0.717) is 5.82 Å². The molecule has 1 aromatic heterocycles. The molecule has 7 nitrogen and oxygen atoms in total. The fourth-order valence-electron chi connectivity index (χ4n) is 2.44. The molecule has 0 fully saturated rings. The predicted molar refractivity (Wildman–Crippen MR) is 97.7 cm³/mol. The lowest BCUT2D eigenvalue weighted by Gasteiger charge is -2.12. The monoisotopic (exact) mass is 386 g/mol. The van der Waals surface area contributed by atoms with Gasteiger partial charge in [-0.2, -0.15) is 4.98 Å². The third kappa shape index (κ3) is 4.06. The zero-order valence-corrected chi connectivity index (χ0v) is 15.6. The highest BCUT2D eigenvalue weighted by Gasteiger charge is 2.25. The number of carbonyl (C=O) groups excluding carboxylic acids is 1. The first-order valence-electron chi connectivity index (χ1n) is 8.34. The van der Waals surface area contributed by atoms with Crippen LogP contribution in [0.15, 0.2) is 64.0 Å². The first-order valence-corrected chi connectivity index (χ1v) is 9.99. The van der Waals surface area contributed by atoms with Crippen molar-refractivity contribution in [2.75, 3.05) is 5.75 Å². The van der Waals surface area contributed by atoms with Crippen LogP contribution in [0, 0.1) is 0 Å². The van der Waals surface area contributed by atoms with E-state index in [9.17, 15) is 13.2 Å². The molecule has 0 N–H and O–H groups in total. The van der Waals surface area contributed by atoms with Crippen molar-refractivity contribution in [3.05, 3.63) is 66.1 Å². The normalized spacial score (nSPS) is 12.5. The summed E-state index contributed by atoms with van der Waals surface area (Å²) < 4.78 is 34.9. The van der Waals surface area contributed by atoms with Crippen LogP contribution in [0.3, 0.4) is 0 Å². The Kier molecular flexibility index (Phi) is 5.36. The number of benzene rings is 2. The van der Waals surface area contributed by atoms with Crippen molar-refractivity contribution in [1.29, 1.82) is 0 Å². The van der Waals surface area contributed by atoms with Crippen LogP contribution in [0.4, 0.5) is 0 Å². The van der Waals surface area contributed by atoms with Gasteiger partial charge in [0.15, 0.2) is 15.9 Å². The Morgan fingerprint density at radius 1 is 1.11 bits per heavy atom. The molecule has 0 unspecified atom stereocenters. The van der Waals surface area contributed by atoms with Gasteiger partial charge in [0.2, 0.25) is 5.82 Å². The van der Waals surface area contributed by atoms with Gasteiger partial charge in [-0.25, -0.2) is 13.2 Å². The fourth-order valence-corrected chi connectivity index (χ4v) is 3.52. The molecule has 0 aliphatic rings. The summed E-state index contributed by atoms with van der Waals surface area (Å²) in [6.45, 7) is 3.10. The van der Waals surface area contributed by atoms with Gasteiger partial charge in [-0.15, -0.1) is 0 Å². The molecule has 0 bridgehead atoms. The van der Waals surface area contributed by atoms with E-state index in [1.54, 1.807) is 19.1 Å². The van der Waals surface area contributed by atoms with Crippen LogP contribution >= 0.6 is 0 Å². The predicted octanol–water partition coefficient (Wildman–Crippen LogP) is 3.45. The van der Waals surface area contributed by atoms with Gasteiger partial charge in [0.1, 0.15) is 0 Å². The lowest BCUT2D eigenvalue weighted by molar-refractivity contribution is 0.0261. The molecule has 1 atom stereocenters. The Bertz CT molecular complexity index is 1040. The summed E-state index contributed by atoms with van der Waals surface area (Å²) >= 11 is 0. The smallest absolute Gasteiger partial charge is 0.340 e. The maximum Gasteiger partial charge on any atom is 0.340 e. The lowest BCUT2D eigenvalue weighted by atomic mass is 10.2. The first-order chi connectivity index (χ1) is 12.9. The van der Waals surface area contributed by atoms with Gasteiger partial charge in [0, 0.05) is 5.56 Å². The molecule has 0 aliphatic heterocycles. The number of aromatic nitrogens is 2. The minimum atomic E-state index is -3.56. The van der Waals surface area contributed by atoms with Crippen LogP contribution in [-0.4, -0.2) is 30.3 Å². The van der Waals surface area contributed by atoms with Gasteiger partial charge in [0.25, 0.3) is 5.89 Å². The SMILES string of the molecule is CCS(=O)(=O)c1ccccc1C(=O)O[C@@H](C)c1nc(-c2ccccc2)no1. The van der Waals surface area contributed by atoms with Gasteiger partial charge >= 0.3 is 5.97 Å². The van der Waals surface area contributed by atoms with Crippen molar-refractivity contribution < 1.29 is 22.5 Å². The fraction of sp³-hybridized carbons (Fsp3) is 0.211.